The molecule has 0 atom stereocenters. The van der Waals surface area contributed by atoms with Crippen LogP contribution in [-0.2, 0) is 5.41 Å². The average Bonchev–Trinajstić information content (AvgIpc) is 3.83. The zero-order valence-electron chi connectivity index (χ0n) is 34.6. The normalized spacial score (nSPS) is 12.6. The topological polar surface area (TPSA) is 6.48 Å². The fourth-order valence-electron chi connectivity index (χ4n) is 10.3. The number of rotatable bonds is 8. The molecule has 0 aliphatic heterocycles. The molecule has 63 heavy (non-hydrogen) atoms. The Kier molecular flexibility index (Phi) is 8.76. The van der Waals surface area contributed by atoms with E-state index in [1.54, 1.807) is 0 Å². The van der Waals surface area contributed by atoms with Crippen molar-refractivity contribution in [1.29, 1.82) is 0 Å². The lowest BCUT2D eigenvalue weighted by Gasteiger charge is -2.33. The largest absolute Gasteiger partial charge is 0.310 e. The Morgan fingerprint density at radius 2 is 0.492 bits per heavy atom. The molecule has 0 aromatic heterocycles. The molecule has 0 N–H and O–H groups in total. The van der Waals surface area contributed by atoms with Crippen molar-refractivity contribution in [2.24, 2.45) is 0 Å². The van der Waals surface area contributed by atoms with Gasteiger partial charge in [-0.15, -0.1) is 0 Å². The highest BCUT2D eigenvalue weighted by Crippen LogP contribution is 2.64. The fraction of sp³-hybridized carbons (Fsp3) is 0.0164. The summed E-state index contributed by atoms with van der Waals surface area (Å²) in [5, 5.41) is 0. The molecular weight excluding hydrogens is 761 g/mol. The van der Waals surface area contributed by atoms with Crippen LogP contribution in [-0.4, -0.2) is 0 Å². The second-order valence-electron chi connectivity index (χ2n) is 16.5. The molecule has 0 bridgehead atoms. The first-order chi connectivity index (χ1) is 31.3. The summed E-state index contributed by atoms with van der Waals surface area (Å²) < 4.78 is 0. The van der Waals surface area contributed by atoms with Crippen molar-refractivity contribution < 1.29 is 0 Å². The Morgan fingerprint density at radius 1 is 0.206 bits per heavy atom. The predicted octanol–water partition coefficient (Wildman–Crippen LogP) is 16.3. The Hall–Kier alpha value is -8.20. The molecule has 2 aliphatic carbocycles. The van der Waals surface area contributed by atoms with Crippen LogP contribution in [0.4, 0.5) is 34.1 Å². The summed E-state index contributed by atoms with van der Waals surface area (Å²) in [6, 6.07) is 93.2. The Morgan fingerprint density at radius 3 is 0.889 bits per heavy atom. The Labute approximate surface area is 369 Å². The molecule has 296 valence electrons. The Bertz CT molecular complexity index is 3030. The molecule has 0 radical (unpaired) electrons. The van der Waals surface area contributed by atoms with Crippen LogP contribution in [0, 0.1) is 0 Å². The first-order valence-corrected chi connectivity index (χ1v) is 21.8. The number of benzene rings is 10. The first-order valence-electron chi connectivity index (χ1n) is 21.8. The van der Waals surface area contributed by atoms with E-state index < -0.39 is 5.41 Å². The summed E-state index contributed by atoms with van der Waals surface area (Å²) in [5.41, 5.74) is 21.3. The molecule has 10 aromatic carbocycles. The van der Waals surface area contributed by atoms with E-state index in [2.05, 4.69) is 265 Å². The third-order valence-corrected chi connectivity index (χ3v) is 13.1. The Balaban J connectivity index is 1.06. The molecule has 2 aliphatic rings. The standard InChI is InChI=1S/C61H42N2/c1-5-17-43(18-6-1)45-29-33-49(34-30-45)62(47-21-9-3-10-22-47)51-37-39-55-56-40-38-52(63(48-23-11-4-12-24-48)50-35-31-46(32-36-50)44-19-7-2-8-20-44)42-60(56)61(59(55)41-51)57-27-15-13-25-53(57)54-26-14-16-28-58(54)61/h1-42H. The smallest absolute Gasteiger partial charge is 0.0727 e. The van der Waals surface area contributed by atoms with E-state index >= 15 is 0 Å². The van der Waals surface area contributed by atoms with Gasteiger partial charge in [-0.2, -0.15) is 0 Å². The number of fused-ring (bicyclic) bond motifs is 10. The van der Waals surface area contributed by atoms with Crippen molar-refractivity contribution in [2.45, 2.75) is 5.41 Å². The summed E-state index contributed by atoms with van der Waals surface area (Å²) in [5.74, 6) is 0. The number of hydrogen-bond donors (Lipinski definition) is 0. The molecule has 0 saturated carbocycles. The average molecular weight is 803 g/mol. The van der Waals surface area contributed by atoms with Crippen molar-refractivity contribution in [1.82, 2.24) is 0 Å². The molecule has 0 unspecified atom stereocenters. The van der Waals surface area contributed by atoms with E-state index in [0.29, 0.717) is 0 Å². The quantitative estimate of drug-likeness (QED) is 0.151. The van der Waals surface area contributed by atoms with Gasteiger partial charge in [0.2, 0.25) is 0 Å². The van der Waals surface area contributed by atoms with E-state index in [1.165, 1.54) is 66.8 Å². The van der Waals surface area contributed by atoms with Crippen LogP contribution in [0.15, 0.2) is 255 Å². The van der Waals surface area contributed by atoms with Gasteiger partial charge in [0.25, 0.3) is 0 Å². The third-order valence-electron chi connectivity index (χ3n) is 13.1. The maximum absolute atomic E-state index is 2.48. The van der Waals surface area contributed by atoms with Gasteiger partial charge in [-0.05, 0) is 140 Å². The fourth-order valence-corrected chi connectivity index (χ4v) is 10.3. The van der Waals surface area contributed by atoms with Crippen LogP contribution in [0.25, 0.3) is 44.5 Å². The molecule has 0 saturated heterocycles. The summed E-state index contributed by atoms with van der Waals surface area (Å²) in [6.45, 7) is 0. The van der Waals surface area contributed by atoms with E-state index in [-0.39, 0.29) is 0 Å². The summed E-state index contributed by atoms with van der Waals surface area (Å²) in [7, 11) is 0. The van der Waals surface area contributed by atoms with Crippen LogP contribution in [0.5, 0.6) is 0 Å². The molecule has 0 amide bonds. The van der Waals surface area contributed by atoms with Crippen LogP contribution in [0.2, 0.25) is 0 Å². The second kappa shape index (κ2) is 15.1. The predicted molar refractivity (Wildman–Crippen MR) is 263 cm³/mol. The number of anilines is 6. The molecule has 2 heteroatoms. The van der Waals surface area contributed by atoms with E-state index in [0.717, 1.165) is 34.1 Å². The highest BCUT2D eigenvalue weighted by molar-refractivity contribution is 5.97. The molecule has 0 fully saturated rings. The third kappa shape index (κ3) is 5.95. The minimum absolute atomic E-state index is 0.553. The molecule has 0 heterocycles. The van der Waals surface area contributed by atoms with Gasteiger partial charge in [0.15, 0.2) is 0 Å². The van der Waals surface area contributed by atoms with E-state index in [1.807, 2.05) is 0 Å². The van der Waals surface area contributed by atoms with Crippen molar-refractivity contribution >= 4 is 34.1 Å². The summed E-state index contributed by atoms with van der Waals surface area (Å²) >= 11 is 0. The van der Waals surface area contributed by atoms with Crippen LogP contribution >= 0.6 is 0 Å². The van der Waals surface area contributed by atoms with Gasteiger partial charge in [0, 0.05) is 34.1 Å². The van der Waals surface area contributed by atoms with Gasteiger partial charge in [-0.3, -0.25) is 0 Å². The number of hydrogen-bond acceptors (Lipinski definition) is 2. The summed E-state index contributed by atoms with van der Waals surface area (Å²) in [6.07, 6.45) is 0. The van der Waals surface area contributed by atoms with Gasteiger partial charge in [0.05, 0.1) is 5.41 Å². The van der Waals surface area contributed by atoms with Crippen LogP contribution in [0.3, 0.4) is 0 Å². The van der Waals surface area contributed by atoms with Crippen molar-refractivity contribution in [3.63, 3.8) is 0 Å². The lowest BCUT2D eigenvalue weighted by molar-refractivity contribution is 0.793. The first kappa shape index (κ1) is 36.6. The van der Waals surface area contributed by atoms with Gasteiger partial charge < -0.3 is 9.80 Å². The van der Waals surface area contributed by atoms with Crippen LogP contribution in [0.1, 0.15) is 22.3 Å². The van der Waals surface area contributed by atoms with Gasteiger partial charge in [-0.25, -0.2) is 0 Å². The van der Waals surface area contributed by atoms with Crippen molar-refractivity contribution in [2.75, 3.05) is 9.80 Å². The highest BCUT2D eigenvalue weighted by atomic mass is 15.1. The van der Waals surface area contributed by atoms with Crippen molar-refractivity contribution in [3.8, 4) is 44.5 Å². The van der Waals surface area contributed by atoms with Crippen LogP contribution < -0.4 is 9.80 Å². The SMILES string of the molecule is c1ccc(-c2ccc(N(c3ccccc3)c3ccc4c(c3)C3(c5ccccc5-c5ccccc53)c3cc(N(c5ccccc5)c5ccc(-c6ccccc6)cc5)ccc3-4)cc2)cc1. The lowest BCUT2D eigenvalue weighted by atomic mass is 9.70. The molecule has 2 nitrogen and oxygen atoms in total. The minimum Gasteiger partial charge on any atom is -0.310 e. The number of para-hydroxylation sites is 2. The van der Waals surface area contributed by atoms with Gasteiger partial charge >= 0.3 is 0 Å². The van der Waals surface area contributed by atoms with Crippen molar-refractivity contribution in [3.05, 3.63) is 277 Å². The van der Waals surface area contributed by atoms with Gasteiger partial charge in [0.1, 0.15) is 0 Å². The zero-order chi connectivity index (χ0) is 41.7. The minimum atomic E-state index is -0.553. The highest BCUT2D eigenvalue weighted by Gasteiger charge is 2.52. The monoisotopic (exact) mass is 802 g/mol. The molecular formula is C61H42N2. The zero-order valence-corrected chi connectivity index (χ0v) is 34.6. The van der Waals surface area contributed by atoms with E-state index in [4.69, 9.17) is 0 Å². The number of nitrogens with zero attached hydrogens (tertiary/aromatic N) is 2. The molecule has 1 spiro atoms. The maximum atomic E-state index is 2.48. The second-order valence-corrected chi connectivity index (χ2v) is 16.5. The van der Waals surface area contributed by atoms with Gasteiger partial charge in [-0.1, -0.05) is 182 Å². The molecule has 10 aromatic rings. The lowest BCUT2D eigenvalue weighted by Crippen LogP contribution is -2.26. The molecule has 12 rings (SSSR count). The van der Waals surface area contributed by atoms with E-state index in [9.17, 15) is 0 Å². The summed E-state index contributed by atoms with van der Waals surface area (Å²) in [4.78, 5) is 4.81. The maximum Gasteiger partial charge on any atom is 0.0727 e.